The van der Waals surface area contributed by atoms with Gasteiger partial charge in [0.05, 0.1) is 26.6 Å². The van der Waals surface area contributed by atoms with Gasteiger partial charge >= 0.3 is 0 Å². The van der Waals surface area contributed by atoms with Gasteiger partial charge in [0, 0.05) is 16.8 Å². The van der Waals surface area contributed by atoms with Crippen LogP contribution in [0.1, 0.15) is 20.8 Å². The summed E-state index contributed by atoms with van der Waals surface area (Å²) in [5, 5.41) is 15.8. The van der Waals surface area contributed by atoms with Gasteiger partial charge in [-0.15, -0.1) is 11.3 Å². The van der Waals surface area contributed by atoms with Crippen LogP contribution in [0, 0.1) is 24.0 Å². The number of pyridine rings is 1. The number of rotatable bonds is 3. The summed E-state index contributed by atoms with van der Waals surface area (Å²) in [5.74, 6) is -0.304. The average molecular weight is 377 g/mol. The number of amides is 1. The molecule has 2 aromatic heterocycles. The number of aryl methyl sites for hydroxylation is 1. The molecule has 4 aromatic rings. The molecule has 27 heavy (non-hydrogen) atoms. The number of carbonyl (C=O) groups excluding carboxylic acids is 1. The highest BCUT2D eigenvalue weighted by Crippen LogP contribution is 2.30. The smallest absolute Gasteiger partial charge is 0.274 e. The van der Waals surface area contributed by atoms with E-state index in [-0.39, 0.29) is 11.6 Å². The Morgan fingerprint density at radius 2 is 1.93 bits per heavy atom. The van der Waals surface area contributed by atoms with Crippen LogP contribution in [0.5, 0.6) is 0 Å². The third kappa shape index (κ3) is 3.13. The maximum Gasteiger partial charge on any atom is 0.274 e. The van der Waals surface area contributed by atoms with Crippen molar-refractivity contribution in [3.63, 3.8) is 0 Å². The van der Waals surface area contributed by atoms with E-state index in [4.69, 9.17) is 0 Å². The van der Waals surface area contributed by atoms with Gasteiger partial charge in [0.25, 0.3) is 11.6 Å². The number of aromatic nitrogens is 1. The van der Waals surface area contributed by atoms with Crippen molar-refractivity contribution in [3.8, 4) is 0 Å². The maximum absolute atomic E-state index is 12.7. The van der Waals surface area contributed by atoms with E-state index in [2.05, 4.69) is 10.3 Å². The van der Waals surface area contributed by atoms with Crippen LogP contribution < -0.4 is 5.32 Å². The van der Waals surface area contributed by atoms with Crippen LogP contribution in [0.25, 0.3) is 21.1 Å². The largest absolute Gasteiger partial charge is 0.321 e. The van der Waals surface area contributed by atoms with Crippen LogP contribution in [0.3, 0.4) is 0 Å². The fraction of sp³-hybridized carbons (Fsp3) is 0.100. The molecule has 1 amide bonds. The van der Waals surface area contributed by atoms with Gasteiger partial charge in [-0.3, -0.25) is 14.9 Å². The summed E-state index contributed by atoms with van der Waals surface area (Å²) in [6.07, 6.45) is 0. The predicted octanol–water partition coefficient (Wildman–Crippen LogP) is 5.23. The van der Waals surface area contributed by atoms with Crippen LogP contribution in [-0.2, 0) is 0 Å². The Morgan fingerprint density at radius 1 is 1.11 bits per heavy atom. The molecule has 4 rings (SSSR count). The molecule has 0 aliphatic carbocycles. The first kappa shape index (κ1) is 17.1. The zero-order valence-electron chi connectivity index (χ0n) is 14.6. The van der Waals surface area contributed by atoms with Gasteiger partial charge in [-0.1, -0.05) is 18.2 Å². The molecule has 0 unspecified atom stereocenters. The van der Waals surface area contributed by atoms with Crippen LogP contribution in [0.2, 0.25) is 0 Å². The van der Waals surface area contributed by atoms with Gasteiger partial charge in [-0.05, 0) is 43.7 Å². The monoisotopic (exact) mass is 377 g/mol. The van der Waals surface area contributed by atoms with Crippen molar-refractivity contribution >= 4 is 49.7 Å². The Labute approximate surface area is 158 Å². The lowest BCUT2D eigenvalue weighted by Gasteiger charge is -2.07. The minimum Gasteiger partial charge on any atom is -0.321 e. The summed E-state index contributed by atoms with van der Waals surface area (Å²) in [6.45, 7) is 3.63. The molecule has 0 fully saturated rings. The summed E-state index contributed by atoms with van der Waals surface area (Å²) >= 11 is 1.30. The van der Waals surface area contributed by atoms with Crippen molar-refractivity contribution in [3.05, 3.63) is 74.6 Å². The van der Waals surface area contributed by atoms with Gasteiger partial charge in [0.2, 0.25) is 0 Å². The molecule has 7 heteroatoms. The number of hydrogen-bond acceptors (Lipinski definition) is 5. The van der Waals surface area contributed by atoms with Gasteiger partial charge in [0.15, 0.2) is 0 Å². The summed E-state index contributed by atoms with van der Waals surface area (Å²) in [4.78, 5) is 29.2. The van der Waals surface area contributed by atoms with Crippen molar-refractivity contribution in [1.29, 1.82) is 0 Å². The summed E-state index contributed by atoms with van der Waals surface area (Å²) < 4.78 is 0. The first-order valence-electron chi connectivity index (χ1n) is 8.29. The number of nitro groups is 1. The predicted molar refractivity (Wildman–Crippen MR) is 108 cm³/mol. The molecule has 0 bridgehead atoms. The second-order valence-corrected chi connectivity index (χ2v) is 7.38. The zero-order chi connectivity index (χ0) is 19.1. The maximum atomic E-state index is 12.7. The topological polar surface area (TPSA) is 85.1 Å². The molecule has 0 saturated carbocycles. The SMILES string of the molecule is Cc1ccc2cc3cc(C(=O)Nc4cccc([N+](=O)[O-])c4C)sc3nc2c1. The number of nitro benzene ring substituents is 1. The highest BCUT2D eigenvalue weighted by Gasteiger charge is 2.17. The summed E-state index contributed by atoms with van der Waals surface area (Å²) in [7, 11) is 0. The minimum atomic E-state index is -0.456. The van der Waals surface area contributed by atoms with Crippen molar-refractivity contribution in [2.75, 3.05) is 5.32 Å². The second kappa shape index (κ2) is 6.44. The first-order valence-corrected chi connectivity index (χ1v) is 9.10. The molecule has 0 aliphatic rings. The Balaban J connectivity index is 1.70. The summed E-state index contributed by atoms with van der Waals surface area (Å²) in [6, 6.07) is 14.5. The van der Waals surface area contributed by atoms with Crippen LogP contribution in [0.15, 0.2) is 48.5 Å². The van der Waals surface area contributed by atoms with E-state index in [1.807, 2.05) is 31.2 Å². The molecular weight excluding hydrogens is 362 g/mol. The van der Waals surface area contributed by atoms with Crippen molar-refractivity contribution < 1.29 is 9.72 Å². The zero-order valence-corrected chi connectivity index (χ0v) is 15.5. The lowest BCUT2D eigenvalue weighted by Crippen LogP contribution is -2.11. The van der Waals surface area contributed by atoms with E-state index in [0.29, 0.717) is 16.1 Å². The molecule has 0 atom stereocenters. The molecule has 1 N–H and O–H groups in total. The van der Waals surface area contributed by atoms with Crippen LogP contribution in [-0.4, -0.2) is 15.8 Å². The standard InChI is InChI=1S/C20H15N3O3S/c1-11-6-7-13-9-14-10-18(27-20(14)22-16(13)8-11)19(24)21-15-4-3-5-17(12(15)2)23(25)26/h3-10H,1-2H3,(H,21,24). The molecule has 0 spiro atoms. The molecule has 0 saturated heterocycles. The van der Waals surface area contributed by atoms with Gasteiger partial charge in [-0.2, -0.15) is 0 Å². The highest BCUT2D eigenvalue weighted by molar-refractivity contribution is 7.20. The number of hydrogen-bond donors (Lipinski definition) is 1. The lowest BCUT2D eigenvalue weighted by molar-refractivity contribution is -0.385. The third-order valence-electron chi connectivity index (χ3n) is 4.43. The molecule has 0 aliphatic heterocycles. The third-order valence-corrected chi connectivity index (χ3v) is 5.48. The lowest BCUT2D eigenvalue weighted by atomic mass is 10.1. The minimum absolute atomic E-state index is 0.0209. The number of anilines is 1. The van der Waals surface area contributed by atoms with E-state index in [1.165, 1.54) is 17.4 Å². The van der Waals surface area contributed by atoms with E-state index < -0.39 is 4.92 Å². The average Bonchev–Trinajstić information content (AvgIpc) is 3.04. The van der Waals surface area contributed by atoms with E-state index in [1.54, 1.807) is 25.1 Å². The molecule has 6 nitrogen and oxygen atoms in total. The molecule has 134 valence electrons. The number of nitrogens with zero attached hydrogens (tertiary/aromatic N) is 2. The number of benzene rings is 2. The Kier molecular flexibility index (Phi) is 4.08. The second-order valence-electron chi connectivity index (χ2n) is 6.35. The molecule has 2 aromatic carbocycles. The quantitative estimate of drug-likeness (QED) is 0.391. The van der Waals surface area contributed by atoms with Gasteiger partial charge in [-0.25, -0.2) is 4.98 Å². The fourth-order valence-corrected chi connectivity index (χ4v) is 3.91. The van der Waals surface area contributed by atoms with E-state index in [9.17, 15) is 14.9 Å². The van der Waals surface area contributed by atoms with E-state index in [0.717, 1.165) is 26.7 Å². The number of nitrogens with one attached hydrogen (secondary N) is 1. The van der Waals surface area contributed by atoms with Crippen molar-refractivity contribution in [2.24, 2.45) is 0 Å². The normalized spacial score (nSPS) is 11.0. The van der Waals surface area contributed by atoms with E-state index >= 15 is 0 Å². The number of fused-ring (bicyclic) bond motifs is 2. The number of thiophene rings is 1. The molecular formula is C20H15N3O3S. The van der Waals surface area contributed by atoms with Crippen LogP contribution in [0.4, 0.5) is 11.4 Å². The highest BCUT2D eigenvalue weighted by atomic mass is 32.1. The molecule has 2 heterocycles. The van der Waals surface area contributed by atoms with Gasteiger partial charge in [0.1, 0.15) is 4.83 Å². The van der Waals surface area contributed by atoms with Crippen LogP contribution >= 0.6 is 11.3 Å². The van der Waals surface area contributed by atoms with Crippen molar-refractivity contribution in [1.82, 2.24) is 4.98 Å². The Hall–Kier alpha value is -3.32. The Morgan fingerprint density at radius 3 is 2.70 bits per heavy atom. The summed E-state index contributed by atoms with van der Waals surface area (Å²) in [5.41, 5.74) is 2.86. The van der Waals surface area contributed by atoms with Gasteiger partial charge < -0.3 is 5.32 Å². The Bertz CT molecular complexity index is 1230. The molecule has 0 radical (unpaired) electrons. The van der Waals surface area contributed by atoms with Crippen molar-refractivity contribution in [2.45, 2.75) is 13.8 Å². The first-order chi connectivity index (χ1) is 12.9. The number of carbonyl (C=O) groups is 1. The fourth-order valence-electron chi connectivity index (χ4n) is 2.99.